The molecule has 1 aliphatic heterocycles. The van der Waals surface area contributed by atoms with E-state index in [2.05, 4.69) is 10.2 Å². The first-order valence-corrected chi connectivity index (χ1v) is 4.56. The van der Waals surface area contributed by atoms with E-state index in [1.165, 1.54) is 0 Å². The summed E-state index contributed by atoms with van der Waals surface area (Å²) in [5, 5.41) is 13.7. The number of hydrogen-bond acceptors (Lipinski definition) is 3. The van der Waals surface area contributed by atoms with Gasteiger partial charge >= 0.3 is 12.1 Å². The molecule has 7 heteroatoms. The van der Waals surface area contributed by atoms with Crippen molar-refractivity contribution in [3.8, 4) is 0 Å². The van der Waals surface area contributed by atoms with E-state index in [1.807, 2.05) is 0 Å². The fourth-order valence-corrected chi connectivity index (χ4v) is 1.05. The Kier molecular flexibility index (Phi) is 4.04. The van der Waals surface area contributed by atoms with Crippen molar-refractivity contribution in [2.45, 2.75) is 6.92 Å². The van der Waals surface area contributed by atoms with Crippen molar-refractivity contribution < 1.29 is 19.5 Å². The van der Waals surface area contributed by atoms with E-state index >= 15 is 0 Å². The Morgan fingerprint density at radius 2 is 1.53 bits per heavy atom. The highest BCUT2D eigenvalue weighted by atomic mass is 16.4. The van der Waals surface area contributed by atoms with Crippen LogP contribution in [0, 0.1) is 0 Å². The summed E-state index contributed by atoms with van der Waals surface area (Å²) in [4.78, 5) is 32.0. The number of azo groups is 1. The highest BCUT2D eigenvalue weighted by Gasteiger charge is 2.28. The summed E-state index contributed by atoms with van der Waals surface area (Å²) in [5.41, 5.74) is 0.488. The first-order chi connectivity index (χ1) is 8.02. The summed E-state index contributed by atoms with van der Waals surface area (Å²) in [7, 11) is 0. The SMILES string of the molecule is CC(=O)O.O=C1N=NC(=O)N1c1ccccc1. The molecule has 1 heterocycles. The second-order valence-corrected chi connectivity index (χ2v) is 2.96. The Bertz CT molecular complexity index is 448. The van der Waals surface area contributed by atoms with Crippen molar-refractivity contribution in [2.75, 3.05) is 4.90 Å². The molecule has 0 aliphatic carbocycles. The predicted octanol–water partition coefficient (Wildman–Crippen LogP) is 2.29. The van der Waals surface area contributed by atoms with Gasteiger partial charge in [-0.3, -0.25) is 4.79 Å². The maximum absolute atomic E-state index is 11.0. The normalized spacial score (nSPS) is 13.4. The fourth-order valence-electron chi connectivity index (χ4n) is 1.05. The second kappa shape index (κ2) is 5.50. The maximum atomic E-state index is 11.0. The number of benzene rings is 1. The van der Waals surface area contributed by atoms with E-state index in [4.69, 9.17) is 9.90 Å². The molecule has 0 atom stereocenters. The van der Waals surface area contributed by atoms with Crippen LogP contribution in [0.4, 0.5) is 15.3 Å². The number of urea groups is 2. The van der Waals surface area contributed by atoms with Gasteiger partial charge in [0.25, 0.3) is 5.97 Å². The molecule has 0 spiro atoms. The Hall–Kier alpha value is -2.57. The summed E-state index contributed by atoms with van der Waals surface area (Å²) in [6.07, 6.45) is 0. The third kappa shape index (κ3) is 3.49. The summed E-state index contributed by atoms with van der Waals surface area (Å²) in [6.45, 7) is 1.08. The minimum Gasteiger partial charge on any atom is -0.481 e. The molecule has 0 fully saturated rings. The Morgan fingerprint density at radius 1 is 1.12 bits per heavy atom. The lowest BCUT2D eigenvalue weighted by Gasteiger charge is -2.08. The zero-order valence-corrected chi connectivity index (χ0v) is 8.90. The van der Waals surface area contributed by atoms with Crippen LogP contribution in [0.5, 0.6) is 0 Å². The first-order valence-electron chi connectivity index (χ1n) is 4.56. The molecule has 1 N–H and O–H groups in total. The quantitative estimate of drug-likeness (QED) is 0.806. The summed E-state index contributed by atoms with van der Waals surface area (Å²) in [5.74, 6) is -0.833. The van der Waals surface area contributed by atoms with Crippen molar-refractivity contribution in [1.29, 1.82) is 0 Å². The van der Waals surface area contributed by atoms with Crippen LogP contribution in [0.3, 0.4) is 0 Å². The lowest BCUT2D eigenvalue weighted by atomic mass is 10.3. The third-order valence-corrected chi connectivity index (χ3v) is 1.62. The number of carboxylic acid groups (broad SMARTS) is 1. The van der Waals surface area contributed by atoms with Crippen molar-refractivity contribution in [3.63, 3.8) is 0 Å². The Balaban J connectivity index is 0.000000317. The number of carboxylic acids is 1. The number of para-hydroxylation sites is 1. The van der Waals surface area contributed by atoms with Gasteiger partial charge in [-0.25, -0.2) is 14.5 Å². The minimum absolute atomic E-state index is 0.488. The van der Waals surface area contributed by atoms with E-state index in [0.717, 1.165) is 11.8 Å². The Labute approximate surface area is 96.4 Å². The molecule has 4 amide bonds. The Morgan fingerprint density at radius 3 is 1.94 bits per heavy atom. The van der Waals surface area contributed by atoms with Gasteiger partial charge in [0.05, 0.1) is 5.69 Å². The minimum atomic E-state index is -0.833. The molecule has 0 radical (unpaired) electrons. The number of aliphatic carboxylic acids is 1. The highest BCUT2D eigenvalue weighted by Crippen LogP contribution is 2.19. The van der Waals surface area contributed by atoms with Gasteiger partial charge in [0.2, 0.25) is 0 Å². The molecule has 0 aromatic heterocycles. The standard InChI is InChI=1S/C8H5N3O2.C2H4O2/c12-7-9-10-8(13)11(7)6-4-2-1-3-5-6;1-2(3)4/h1-5H;1H3,(H,3,4). The number of carbonyl (C=O) groups is 3. The zero-order chi connectivity index (χ0) is 12.8. The second-order valence-electron chi connectivity index (χ2n) is 2.96. The maximum Gasteiger partial charge on any atom is 0.375 e. The molecule has 1 aromatic rings. The number of nitrogens with zero attached hydrogens (tertiary/aromatic N) is 3. The van der Waals surface area contributed by atoms with Crippen LogP contribution in [0.1, 0.15) is 6.92 Å². The molecule has 0 bridgehead atoms. The van der Waals surface area contributed by atoms with Crippen LogP contribution in [-0.2, 0) is 4.79 Å². The number of anilines is 1. The van der Waals surface area contributed by atoms with E-state index in [1.54, 1.807) is 30.3 Å². The van der Waals surface area contributed by atoms with Gasteiger partial charge in [-0.15, -0.1) is 0 Å². The first kappa shape index (κ1) is 12.5. The number of rotatable bonds is 1. The highest BCUT2D eigenvalue weighted by molar-refractivity contribution is 6.17. The van der Waals surface area contributed by atoms with Crippen molar-refractivity contribution in [2.24, 2.45) is 10.2 Å². The van der Waals surface area contributed by atoms with Crippen molar-refractivity contribution >= 4 is 23.7 Å². The molecule has 2 rings (SSSR count). The van der Waals surface area contributed by atoms with Gasteiger partial charge in [-0.1, -0.05) is 28.4 Å². The zero-order valence-electron chi connectivity index (χ0n) is 8.90. The lowest BCUT2D eigenvalue weighted by molar-refractivity contribution is -0.134. The van der Waals surface area contributed by atoms with Crippen LogP contribution in [-0.4, -0.2) is 23.1 Å². The van der Waals surface area contributed by atoms with Gasteiger partial charge in [-0.2, -0.15) is 0 Å². The van der Waals surface area contributed by atoms with E-state index in [9.17, 15) is 9.59 Å². The lowest BCUT2D eigenvalue weighted by Crippen LogP contribution is -2.27. The van der Waals surface area contributed by atoms with E-state index < -0.39 is 18.0 Å². The van der Waals surface area contributed by atoms with Gasteiger partial charge in [0, 0.05) is 6.92 Å². The summed E-state index contributed by atoms with van der Waals surface area (Å²) in [6, 6.07) is 7.26. The number of hydrogen-bond donors (Lipinski definition) is 1. The summed E-state index contributed by atoms with van der Waals surface area (Å²) >= 11 is 0. The number of imide groups is 1. The third-order valence-electron chi connectivity index (χ3n) is 1.62. The van der Waals surface area contributed by atoms with E-state index in [-0.39, 0.29) is 0 Å². The monoisotopic (exact) mass is 235 g/mol. The van der Waals surface area contributed by atoms with Gasteiger partial charge in [0.15, 0.2) is 0 Å². The predicted molar refractivity (Wildman–Crippen MR) is 57.9 cm³/mol. The van der Waals surface area contributed by atoms with Crippen LogP contribution in [0.25, 0.3) is 0 Å². The molecule has 0 unspecified atom stereocenters. The van der Waals surface area contributed by atoms with Gasteiger partial charge in [0.1, 0.15) is 0 Å². The molecule has 17 heavy (non-hydrogen) atoms. The number of carbonyl (C=O) groups excluding carboxylic acids is 2. The van der Waals surface area contributed by atoms with Gasteiger partial charge < -0.3 is 5.11 Å². The van der Waals surface area contributed by atoms with Crippen LogP contribution < -0.4 is 4.90 Å². The van der Waals surface area contributed by atoms with E-state index in [0.29, 0.717) is 5.69 Å². The molecule has 0 saturated carbocycles. The average molecular weight is 235 g/mol. The van der Waals surface area contributed by atoms with Crippen molar-refractivity contribution in [3.05, 3.63) is 30.3 Å². The molecule has 1 aliphatic rings. The van der Waals surface area contributed by atoms with Gasteiger partial charge in [-0.05, 0) is 12.1 Å². The smallest absolute Gasteiger partial charge is 0.375 e. The molecular formula is C10H9N3O4. The molecule has 88 valence electrons. The van der Waals surface area contributed by atoms with Crippen LogP contribution >= 0.6 is 0 Å². The molecule has 0 saturated heterocycles. The van der Waals surface area contributed by atoms with Crippen LogP contribution in [0.15, 0.2) is 40.6 Å². The average Bonchev–Trinajstić information content (AvgIpc) is 2.59. The van der Waals surface area contributed by atoms with Crippen LogP contribution in [0.2, 0.25) is 0 Å². The number of amides is 4. The fraction of sp³-hybridized carbons (Fsp3) is 0.100. The summed E-state index contributed by atoms with van der Waals surface area (Å²) < 4.78 is 0. The molecule has 7 nitrogen and oxygen atoms in total. The largest absolute Gasteiger partial charge is 0.481 e. The topological polar surface area (TPSA) is 99.4 Å². The van der Waals surface area contributed by atoms with Crippen molar-refractivity contribution in [1.82, 2.24) is 0 Å². The molecular weight excluding hydrogens is 226 g/mol. The molecule has 1 aromatic carbocycles.